The average molecular weight is 327 g/mol. The summed E-state index contributed by atoms with van der Waals surface area (Å²) < 4.78 is 18.3. The highest BCUT2D eigenvalue weighted by Crippen LogP contribution is 2.28. The molecule has 1 aromatic carbocycles. The summed E-state index contributed by atoms with van der Waals surface area (Å²) in [4.78, 5) is 12.2. The number of carbonyl (C=O) groups excluding carboxylic acids is 1. The van der Waals surface area contributed by atoms with Crippen molar-refractivity contribution in [3.63, 3.8) is 0 Å². The van der Waals surface area contributed by atoms with Crippen LogP contribution in [0, 0.1) is 17.2 Å². The molecule has 1 fully saturated rings. The van der Waals surface area contributed by atoms with Gasteiger partial charge in [0, 0.05) is 0 Å². The summed E-state index contributed by atoms with van der Waals surface area (Å²) in [6.45, 7) is 2.07. The number of halogens is 1. The van der Waals surface area contributed by atoms with E-state index >= 15 is 0 Å². The van der Waals surface area contributed by atoms with Gasteiger partial charge in [-0.3, -0.25) is 0 Å². The number of esters is 1. The molecule has 4 heteroatoms. The number of nitriles is 1. The zero-order chi connectivity index (χ0) is 17.4. The fourth-order valence-electron chi connectivity index (χ4n) is 2.83. The summed E-state index contributed by atoms with van der Waals surface area (Å²) in [7, 11) is 0. The van der Waals surface area contributed by atoms with E-state index < -0.39 is 5.83 Å². The number of hydrogen-bond donors (Lipinski definition) is 0. The maximum atomic E-state index is 12.7. The van der Waals surface area contributed by atoms with E-state index in [9.17, 15) is 9.18 Å². The predicted octanol–water partition coefficient (Wildman–Crippen LogP) is 4.90. The Balaban J connectivity index is 1.80. The SMILES string of the molecule is CCc1ccc(C(=O)OC2CCC(C=CC=C(F)C#N)CC2)cc1. The lowest BCUT2D eigenvalue weighted by molar-refractivity contribution is 0.0185. The summed E-state index contributed by atoms with van der Waals surface area (Å²) >= 11 is 0. The molecule has 1 aliphatic carbocycles. The molecular weight excluding hydrogens is 305 g/mol. The molecule has 3 nitrogen and oxygen atoms in total. The quantitative estimate of drug-likeness (QED) is 0.439. The van der Waals surface area contributed by atoms with Crippen LogP contribution in [0.1, 0.15) is 48.5 Å². The molecule has 0 heterocycles. The zero-order valence-corrected chi connectivity index (χ0v) is 13.9. The van der Waals surface area contributed by atoms with E-state index in [1.165, 1.54) is 17.7 Å². The van der Waals surface area contributed by atoms with Crippen LogP contribution in [0.2, 0.25) is 0 Å². The van der Waals surface area contributed by atoms with Crippen molar-refractivity contribution in [1.29, 1.82) is 5.26 Å². The maximum Gasteiger partial charge on any atom is 0.338 e. The molecule has 1 aliphatic rings. The fourth-order valence-corrected chi connectivity index (χ4v) is 2.83. The number of carbonyl (C=O) groups is 1. The number of benzene rings is 1. The van der Waals surface area contributed by atoms with Crippen molar-refractivity contribution in [2.75, 3.05) is 0 Å². The number of rotatable bonds is 5. The normalized spacial score (nSPS) is 21.5. The molecule has 126 valence electrons. The Morgan fingerprint density at radius 1 is 1.29 bits per heavy atom. The zero-order valence-electron chi connectivity index (χ0n) is 13.9. The number of nitrogens with zero attached hydrogens (tertiary/aromatic N) is 1. The minimum absolute atomic E-state index is 0.0561. The molecular formula is C20H22FNO2. The summed E-state index contributed by atoms with van der Waals surface area (Å²) in [6, 6.07) is 8.96. The Morgan fingerprint density at radius 2 is 1.96 bits per heavy atom. The lowest BCUT2D eigenvalue weighted by Gasteiger charge is -2.26. The molecule has 0 unspecified atom stereocenters. The van der Waals surface area contributed by atoms with Crippen molar-refractivity contribution >= 4 is 5.97 Å². The van der Waals surface area contributed by atoms with Crippen LogP contribution >= 0.6 is 0 Å². The van der Waals surface area contributed by atoms with E-state index in [4.69, 9.17) is 10.00 Å². The summed E-state index contributed by atoms with van der Waals surface area (Å²) in [5, 5.41) is 8.34. The number of ether oxygens (including phenoxy) is 1. The highest BCUT2D eigenvalue weighted by atomic mass is 19.1. The van der Waals surface area contributed by atoms with E-state index in [-0.39, 0.29) is 12.1 Å². The molecule has 0 N–H and O–H groups in total. The van der Waals surface area contributed by atoms with Crippen molar-refractivity contribution in [3.05, 3.63) is 59.4 Å². The second-order valence-electron chi connectivity index (χ2n) is 6.00. The van der Waals surface area contributed by atoms with E-state index in [0.717, 1.165) is 32.1 Å². The average Bonchev–Trinajstić information content (AvgIpc) is 2.63. The molecule has 1 aromatic rings. The third-order valence-electron chi connectivity index (χ3n) is 4.32. The molecule has 2 rings (SSSR count). The summed E-state index contributed by atoms with van der Waals surface area (Å²) in [5.74, 6) is -0.717. The standard InChI is InChI=1S/C20H22FNO2/c1-2-15-6-10-17(11-7-15)20(23)24-19-12-8-16(9-13-19)4-3-5-18(21)14-22/h3-7,10-11,16,19H,2,8-9,12-13H2,1H3. The van der Waals surface area contributed by atoms with Crippen LogP contribution in [0.4, 0.5) is 4.39 Å². The van der Waals surface area contributed by atoms with E-state index in [0.29, 0.717) is 11.5 Å². The van der Waals surface area contributed by atoms with Crippen LogP contribution in [0.3, 0.4) is 0 Å². The van der Waals surface area contributed by atoms with Gasteiger partial charge in [-0.2, -0.15) is 9.65 Å². The van der Waals surface area contributed by atoms with E-state index in [1.54, 1.807) is 6.08 Å². The first kappa shape index (κ1) is 17.9. The van der Waals surface area contributed by atoms with Crippen LogP contribution in [0.5, 0.6) is 0 Å². The van der Waals surface area contributed by atoms with Gasteiger partial charge >= 0.3 is 5.97 Å². The van der Waals surface area contributed by atoms with Gasteiger partial charge in [0.25, 0.3) is 0 Å². The van der Waals surface area contributed by atoms with E-state index in [2.05, 4.69) is 6.92 Å². The third kappa shape index (κ3) is 5.34. The predicted molar refractivity (Wildman–Crippen MR) is 90.9 cm³/mol. The summed E-state index contributed by atoms with van der Waals surface area (Å²) in [6.07, 6.45) is 8.96. The smallest absolute Gasteiger partial charge is 0.338 e. The van der Waals surface area contributed by atoms with Crippen molar-refractivity contribution in [2.24, 2.45) is 5.92 Å². The van der Waals surface area contributed by atoms with Crippen LogP contribution in [-0.4, -0.2) is 12.1 Å². The highest BCUT2D eigenvalue weighted by molar-refractivity contribution is 5.89. The Labute approximate surface area is 142 Å². The topological polar surface area (TPSA) is 50.1 Å². The van der Waals surface area contributed by atoms with Crippen LogP contribution in [0.25, 0.3) is 0 Å². The van der Waals surface area contributed by atoms with Gasteiger partial charge in [0.05, 0.1) is 5.56 Å². The maximum absolute atomic E-state index is 12.7. The minimum atomic E-state index is -0.789. The number of hydrogen-bond acceptors (Lipinski definition) is 3. The molecule has 0 aromatic heterocycles. The molecule has 0 aliphatic heterocycles. The first-order chi connectivity index (χ1) is 11.6. The van der Waals surface area contributed by atoms with Crippen LogP contribution in [0.15, 0.2) is 48.3 Å². The van der Waals surface area contributed by atoms with Gasteiger partial charge in [-0.25, -0.2) is 4.79 Å². The molecule has 1 saturated carbocycles. The lowest BCUT2D eigenvalue weighted by Crippen LogP contribution is -2.24. The number of allylic oxidation sites excluding steroid dienone is 4. The Hall–Kier alpha value is -2.41. The Morgan fingerprint density at radius 3 is 2.54 bits per heavy atom. The first-order valence-electron chi connectivity index (χ1n) is 8.36. The van der Waals surface area contributed by atoms with Gasteiger partial charge in [0.2, 0.25) is 0 Å². The third-order valence-corrected chi connectivity index (χ3v) is 4.32. The van der Waals surface area contributed by atoms with Gasteiger partial charge in [-0.05, 0) is 61.8 Å². The molecule has 0 atom stereocenters. The molecule has 0 radical (unpaired) electrons. The van der Waals surface area contributed by atoms with E-state index in [1.807, 2.05) is 30.3 Å². The van der Waals surface area contributed by atoms with Crippen LogP contribution < -0.4 is 0 Å². The van der Waals surface area contributed by atoms with Crippen molar-refractivity contribution in [3.8, 4) is 6.07 Å². The van der Waals surface area contributed by atoms with Gasteiger partial charge in [0.1, 0.15) is 12.2 Å². The monoisotopic (exact) mass is 327 g/mol. The van der Waals surface area contributed by atoms with Gasteiger partial charge in [-0.1, -0.05) is 31.2 Å². The lowest BCUT2D eigenvalue weighted by atomic mass is 9.87. The largest absolute Gasteiger partial charge is 0.459 e. The van der Waals surface area contributed by atoms with Gasteiger partial charge in [-0.15, -0.1) is 0 Å². The molecule has 24 heavy (non-hydrogen) atoms. The highest BCUT2D eigenvalue weighted by Gasteiger charge is 2.23. The number of aryl methyl sites for hydroxylation is 1. The van der Waals surface area contributed by atoms with Gasteiger partial charge < -0.3 is 4.74 Å². The van der Waals surface area contributed by atoms with Crippen LogP contribution in [-0.2, 0) is 11.2 Å². The fraction of sp³-hybridized carbons (Fsp3) is 0.400. The van der Waals surface area contributed by atoms with Crippen molar-refractivity contribution < 1.29 is 13.9 Å². The molecule has 0 spiro atoms. The van der Waals surface area contributed by atoms with Crippen molar-refractivity contribution in [1.82, 2.24) is 0 Å². The Bertz CT molecular complexity index is 647. The van der Waals surface area contributed by atoms with Crippen molar-refractivity contribution in [2.45, 2.75) is 45.1 Å². The molecule has 0 saturated heterocycles. The minimum Gasteiger partial charge on any atom is -0.459 e. The van der Waals surface area contributed by atoms with Gasteiger partial charge in [0.15, 0.2) is 5.83 Å². The summed E-state index contributed by atoms with van der Waals surface area (Å²) in [5.41, 5.74) is 1.78. The molecule has 0 amide bonds. The second kappa shape index (κ2) is 9.02. The Kier molecular flexibility index (Phi) is 6.74. The second-order valence-corrected chi connectivity index (χ2v) is 6.00. The first-order valence-corrected chi connectivity index (χ1v) is 8.36. The molecule has 0 bridgehead atoms.